The van der Waals surface area contributed by atoms with Gasteiger partial charge in [-0.05, 0) is 29.8 Å². The normalized spacial score (nSPS) is 15.7. The number of hydrogen-bond acceptors (Lipinski definition) is 3. The number of methoxy groups -OCH3 is 1. The third-order valence-electron chi connectivity index (χ3n) is 3.25. The molecule has 100 valence electrons. The van der Waals surface area contributed by atoms with Gasteiger partial charge in [-0.3, -0.25) is 0 Å². The zero-order chi connectivity index (χ0) is 13.9. The highest BCUT2D eigenvalue weighted by Gasteiger charge is 2.22. The highest BCUT2D eigenvalue weighted by molar-refractivity contribution is 5.97. The van der Waals surface area contributed by atoms with Gasteiger partial charge in [0.25, 0.3) is 0 Å². The molecular weight excluding hydrogens is 252 g/mol. The zero-order valence-corrected chi connectivity index (χ0v) is 11.1. The highest BCUT2D eigenvalue weighted by atomic mass is 16.5. The molecule has 0 saturated heterocycles. The first-order valence-electron chi connectivity index (χ1n) is 6.41. The number of hydrogen-bond donors (Lipinski definition) is 0. The summed E-state index contributed by atoms with van der Waals surface area (Å²) in [5.41, 5.74) is 2.61. The molecule has 0 fully saturated rings. The van der Waals surface area contributed by atoms with E-state index in [2.05, 4.69) is 0 Å². The summed E-state index contributed by atoms with van der Waals surface area (Å²) in [4.78, 5) is 12.0. The zero-order valence-electron chi connectivity index (χ0n) is 11.1. The summed E-state index contributed by atoms with van der Waals surface area (Å²) in [6.07, 6.45) is 2.42. The molecule has 3 rings (SSSR count). The van der Waals surface area contributed by atoms with Gasteiger partial charge in [0.1, 0.15) is 11.5 Å². The summed E-state index contributed by atoms with van der Waals surface area (Å²) in [6.45, 7) is 0. The van der Waals surface area contributed by atoms with Gasteiger partial charge in [0.15, 0.2) is 0 Å². The van der Waals surface area contributed by atoms with Gasteiger partial charge >= 0.3 is 5.97 Å². The molecule has 0 aliphatic carbocycles. The first-order chi connectivity index (χ1) is 9.76. The monoisotopic (exact) mass is 266 g/mol. The van der Waals surface area contributed by atoms with Crippen molar-refractivity contribution in [1.82, 2.24) is 0 Å². The van der Waals surface area contributed by atoms with Gasteiger partial charge < -0.3 is 9.47 Å². The van der Waals surface area contributed by atoms with Crippen LogP contribution in [0.5, 0.6) is 11.5 Å². The minimum Gasteiger partial charge on any atom is -0.497 e. The van der Waals surface area contributed by atoms with Crippen LogP contribution < -0.4 is 9.47 Å². The molecule has 3 nitrogen and oxygen atoms in total. The van der Waals surface area contributed by atoms with E-state index in [0.29, 0.717) is 17.7 Å². The molecule has 0 atom stereocenters. The summed E-state index contributed by atoms with van der Waals surface area (Å²) in [6, 6.07) is 15.2. The van der Waals surface area contributed by atoms with Gasteiger partial charge in [-0.25, -0.2) is 4.79 Å². The van der Waals surface area contributed by atoms with E-state index in [1.54, 1.807) is 19.2 Å². The third-order valence-corrected chi connectivity index (χ3v) is 3.25. The molecule has 2 aromatic rings. The molecule has 0 unspecified atom stereocenters. The third kappa shape index (κ3) is 2.43. The Labute approximate surface area is 117 Å². The molecule has 1 aliphatic heterocycles. The molecule has 0 N–H and O–H groups in total. The van der Waals surface area contributed by atoms with Crippen molar-refractivity contribution in [3.05, 3.63) is 65.2 Å². The van der Waals surface area contributed by atoms with Crippen molar-refractivity contribution in [3.63, 3.8) is 0 Å². The molecule has 1 heterocycles. The van der Waals surface area contributed by atoms with Crippen LogP contribution in [0.2, 0.25) is 0 Å². The van der Waals surface area contributed by atoms with Crippen LogP contribution in [-0.2, 0) is 11.2 Å². The van der Waals surface area contributed by atoms with E-state index in [9.17, 15) is 4.79 Å². The van der Waals surface area contributed by atoms with E-state index in [0.717, 1.165) is 16.9 Å². The van der Waals surface area contributed by atoms with Crippen molar-refractivity contribution >= 4 is 12.0 Å². The minimum atomic E-state index is -0.286. The fourth-order valence-electron chi connectivity index (χ4n) is 2.22. The molecule has 20 heavy (non-hydrogen) atoms. The molecule has 2 aromatic carbocycles. The van der Waals surface area contributed by atoms with Gasteiger partial charge in [-0.2, -0.15) is 0 Å². The maximum atomic E-state index is 12.0. The largest absolute Gasteiger partial charge is 0.497 e. The molecule has 0 saturated carbocycles. The first-order valence-corrected chi connectivity index (χ1v) is 6.41. The summed E-state index contributed by atoms with van der Waals surface area (Å²) in [5, 5.41) is 0. The Bertz CT molecular complexity index is 672. The molecule has 0 spiro atoms. The van der Waals surface area contributed by atoms with E-state index in [4.69, 9.17) is 9.47 Å². The number of esters is 1. The van der Waals surface area contributed by atoms with Crippen LogP contribution in [0.3, 0.4) is 0 Å². The average molecular weight is 266 g/mol. The lowest BCUT2D eigenvalue weighted by molar-refractivity contribution is -0.130. The highest BCUT2D eigenvalue weighted by Crippen LogP contribution is 2.31. The van der Waals surface area contributed by atoms with Gasteiger partial charge in [-0.15, -0.1) is 0 Å². The first kappa shape index (κ1) is 12.5. The lowest BCUT2D eigenvalue weighted by atomic mass is 9.99. The number of fused-ring (bicyclic) bond motifs is 1. The Kier molecular flexibility index (Phi) is 3.25. The maximum absolute atomic E-state index is 12.0. The van der Waals surface area contributed by atoms with E-state index in [1.165, 1.54) is 0 Å². The minimum absolute atomic E-state index is 0.286. The molecule has 0 bridgehead atoms. The van der Waals surface area contributed by atoms with Crippen LogP contribution in [0.4, 0.5) is 0 Å². The number of carbonyl (C=O) groups excluding carboxylic acids is 1. The maximum Gasteiger partial charge on any atom is 0.339 e. The Hall–Kier alpha value is -2.55. The van der Waals surface area contributed by atoms with Crippen molar-refractivity contribution in [3.8, 4) is 11.5 Å². The van der Waals surface area contributed by atoms with Crippen LogP contribution in [0.25, 0.3) is 6.08 Å². The second-order valence-corrected chi connectivity index (χ2v) is 4.62. The summed E-state index contributed by atoms with van der Waals surface area (Å²) in [5.74, 6) is 1.09. The van der Waals surface area contributed by atoms with Crippen molar-refractivity contribution in [1.29, 1.82) is 0 Å². The molecule has 0 amide bonds. The van der Waals surface area contributed by atoms with Gasteiger partial charge in [0.05, 0.1) is 7.11 Å². The quantitative estimate of drug-likeness (QED) is 0.475. The van der Waals surface area contributed by atoms with Gasteiger partial charge in [0, 0.05) is 17.6 Å². The van der Waals surface area contributed by atoms with E-state index < -0.39 is 0 Å². The van der Waals surface area contributed by atoms with Gasteiger partial charge in [-0.1, -0.05) is 30.3 Å². The average Bonchev–Trinajstić information content (AvgIpc) is 2.48. The lowest BCUT2D eigenvalue weighted by Crippen LogP contribution is -2.19. The second kappa shape index (κ2) is 5.21. The van der Waals surface area contributed by atoms with Crippen molar-refractivity contribution in [2.75, 3.05) is 7.11 Å². The Morgan fingerprint density at radius 3 is 2.70 bits per heavy atom. The second-order valence-electron chi connectivity index (χ2n) is 4.62. The lowest BCUT2D eigenvalue weighted by Gasteiger charge is -2.18. The molecule has 0 aromatic heterocycles. The van der Waals surface area contributed by atoms with Crippen LogP contribution in [0.1, 0.15) is 11.1 Å². The van der Waals surface area contributed by atoms with Gasteiger partial charge in [0.2, 0.25) is 0 Å². The van der Waals surface area contributed by atoms with Crippen molar-refractivity contribution in [2.45, 2.75) is 6.42 Å². The molecule has 1 aliphatic rings. The van der Waals surface area contributed by atoms with Crippen LogP contribution in [0, 0.1) is 0 Å². The number of ether oxygens (including phenoxy) is 2. The van der Waals surface area contributed by atoms with E-state index >= 15 is 0 Å². The van der Waals surface area contributed by atoms with Crippen molar-refractivity contribution in [2.24, 2.45) is 0 Å². The number of benzene rings is 2. The molecular formula is C17H14O3. The summed E-state index contributed by atoms with van der Waals surface area (Å²) in [7, 11) is 1.62. The van der Waals surface area contributed by atoms with Crippen LogP contribution in [0.15, 0.2) is 54.1 Å². The predicted molar refractivity (Wildman–Crippen MR) is 76.8 cm³/mol. The molecule has 3 heteroatoms. The topological polar surface area (TPSA) is 35.5 Å². The fraction of sp³-hybridized carbons (Fsp3) is 0.118. The Morgan fingerprint density at radius 1 is 1.15 bits per heavy atom. The Balaban J connectivity index is 1.95. The van der Waals surface area contributed by atoms with Crippen LogP contribution in [-0.4, -0.2) is 13.1 Å². The fourth-order valence-corrected chi connectivity index (χ4v) is 2.22. The van der Waals surface area contributed by atoms with Crippen molar-refractivity contribution < 1.29 is 14.3 Å². The molecule has 0 radical (unpaired) electrons. The predicted octanol–water partition coefficient (Wildman–Crippen LogP) is 3.24. The van der Waals surface area contributed by atoms with E-state index in [-0.39, 0.29) is 5.97 Å². The van der Waals surface area contributed by atoms with Crippen LogP contribution >= 0.6 is 0 Å². The van der Waals surface area contributed by atoms with E-state index in [1.807, 2.05) is 42.5 Å². The summed E-state index contributed by atoms with van der Waals surface area (Å²) < 4.78 is 10.6. The number of rotatable bonds is 2. The number of carbonyl (C=O) groups is 1. The summed E-state index contributed by atoms with van der Waals surface area (Å²) >= 11 is 0. The standard InChI is InChI=1S/C17H14O3/c1-19-15-7-8-16-13(11-15)10-14(17(18)20-16)9-12-5-3-2-4-6-12/h2-9,11H,10H2,1H3. The Morgan fingerprint density at radius 2 is 1.95 bits per heavy atom. The SMILES string of the molecule is COc1ccc2c(c1)CC(=Cc1ccccc1)C(=O)O2. The smallest absolute Gasteiger partial charge is 0.339 e.